The van der Waals surface area contributed by atoms with E-state index in [4.69, 9.17) is 0 Å². The van der Waals surface area contributed by atoms with Crippen LogP contribution < -0.4 is 5.32 Å². The van der Waals surface area contributed by atoms with Gasteiger partial charge in [0.05, 0.1) is 6.10 Å². The molecule has 0 saturated heterocycles. The molecular weight excluding hydrogens is 322 g/mol. The average Bonchev–Trinajstić information content (AvgIpc) is 2.65. The number of anilines is 1. The van der Waals surface area contributed by atoms with Crippen molar-refractivity contribution in [3.05, 3.63) is 24.3 Å². The van der Waals surface area contributed by atoms with Crippen LogP contribution in [0.5, 0.6) is 5.75 Å². The topological polar surface area (TPSA) is 52.5 Å². The minimum Gasteiger partial charge on any atom is -0.508 e. The normalized spacial score (nSPS) is 12.2. The lowest BCUT2D eigenvalue weighted by Gasteiger charge is -2.12. The van der Waals surface area contributed by atoms with Crippen molar-refractivity contribution in [2.45, 2.75) is 103 Å². The molecule has 26 heavy (non-hydrogen) atoms. The summed E-state index contributed by atoms with van der Waals surface area (Å²) in [4.78, 5) is 0. The Morgan fingerprint density at radius 1 is 0.731 bits per heavy atom. The van der Waals surface area contributed by atoms with Gasteiger partial charge in [0, 0.05) is 12.2 Å². The summed E-state index contributed by atoms with van der Waals surface area (Å²) in [5.41, 5.74) is 0.937. The number of phenolic OH excluding ortho intramolecular Hbond substituents is 1. The van der Waals surface area contributed by atoms with Gasteiger partial charge in [-0.3, -0.25) is 0 Å². The highest BCUT2D eigenvalue weighted by Crippen LogP contribution is 2.15. The number of hydrogen-bond acceptors (Lipinski definition) is 3. The van der Waals surface area contributed by atoms with Gasteiger partial charge in [0.1, 0.15) is 5.75 Å². The van der Waals surface area contributed by atoms with Crippen LogP contribution >= 0.6 is 0 Å². The second kappa shape index (κ2) is 16.0. The summed E-state index contributed by atoms with van der Waals surface area (Å²) >= 11 is 0. The van der Waals surface area contributed by atoms with Crippen LogP contribution in [-0.4, -0.2) is 22.9 Å². The van der Waals surface area contributed by atoms with Gasteiger partial charge >= 0.3 is 0 Å². The van der Waals surface area contributed by atoms with Crippen molar-refractivity contribution in [3.8, 4) is 5.75 Å². The first-order chi connectivity index (χ1) is 12.7. The summed E-state index contributed by atoms with van der Waals surface area (Å²) in [6.45, 7) is 2.85. The summed E-state index contributed by atoms with van der Waals surface area (Å²) in [5.74, 6) is 0.267. The Morgan fingerprint density at radius 3 is 1.69 bits per heavy atom. The van der Waals surface area contributed by atoms with Crippen LogP contribution in [0.1, 0.15) is 96.8 Å². The zero-order chi connectivity index (χ0) is 18.9. The van der Waals surface area contributed by atoms with Gasteiger partial charge in [0.25, 0.3) is 0 Å². The van der Waals surface area contributed by atoms with Crippen molar-refractivity contribution in [2.24, 2.45) is 0 Å². The molecule has 0 radical (unpaired) electrons. The van der Waals surface area contributed by atoms with Crippen LogP contribution in [-0.2, 0) is 0 Å². The van der Waals surface area contributed by atoms with E-state index in [1.54, 1.807) is 12.1 Å². The highest BCUT2D eigenvalue weighted by Gasteiger charge is 2.04. The minimum atomic E-state index is -0.295. The van der Waals surface area contributed by atoms with Gasteiger partial charge in [-0.2, -0.15) is 0 Å². The molecule has 0 heterocycles. The molecule has 3 nitrogen and oxygen atoms in total. The maximum atomic E-state index is 10.0. The maximum absolute atomic E-state index is 10.0. The minimum absolute atomic E-state index is 0.267. The van der Waals surface area contributed by atoms with Gasteiger partial charge in [-0.15, -0.1) is 0 Å². The number of nitrogens with one attached hydrogen (secondary N) is 1. The molecule has 1 atom stereocenters. The fraction of sp³-hybridized carbons (Fsp3) is 0.739. The highest BCUT2D eigenvalue weighted by atomic mass is 16.3. The number of hydrogen-bond donors (Lipinski definition) is 3. The molecule has 0 bridgehead atoms. The number of aliphatic hydroxyl groups is 1. The van der Waals surface area contributed by atoms with Crippen LogP contribution in [0.15, 0.2) is 24.3 Å². The monoisotopic (exact) mass is 363 g/mol. The largest absolute Gasteiger partial charge is 0.508 e. The molecule has 1 unspecified atom stereocenters. The van der Waals surface area contributed by atoms with Gasteiger partial charge in [-0.05, 0) is 30.7 Å². The molecule has 0 aliphatic heterocycles. The molecule has 3 heteroatoms. The molecule has 150 valence electrons. The number of aromatic hydroxyl groups is 1. The SMILES string of the molecule is CCCCCCCCCCCCCCCC(O)CNc1ccc(O)cc1. The van der Waals surface area contributed by atoms with Crippen molar-refractivity contribution in [3.63, 3.8) is 0 Å². The Hall–Kier alpha value is -1.22. The van der Waals surface area contributed by atoms with E-state index >= 15 is 0 Å². The van der Waals surface area contributed by atoms with Crippen molar-refractivity contribution in [1.82, 2.24) is 0 Å². The van der Waals surface area contributed by atoms with Gasteiger partial charge in [-0.1, -0.05) is 90.4 Å². The molecule has 1 aromatic rings. The third-order valence-corrected chi connectivity index (χ3v) is 5.05. The first-order valence-corrected chi connectivity index (χ1v) is 10.9. The molecule has 0 aromatic heterocycles. The zero-order valence-corrected chi connectivity index (χ0v) is 16.9. The molecule has 0 aliphatic carbocycles. The van der Waals surface area contributed by atoms with Crippen LogP contribution in [0, 0.1) is 0 Å². The number of phenols is 1. The van der Waals surface area contributed by atoms with Crippen LogP contribution in [0.3, 0.4) is 0 Å². The summed E-state index contributed by atoms with van der Waals surface area (Å²) < 4.78 is 0. The fourth-order valence-electron chi connectivity index (χ4n) is 3.31. The smallest absolute Gasteiger partial charge is 0.115 e. The predicted octanol–water partition coefficient (Wildman–Crippen LogP) is 6.65. The van der Waals surface area contributed by atoms with E-state index in [0.29, 0.717) is 6.54 Å². The quantitative estimate of drug-likeness (QED) is 0.215. The van der Waals surface area contributed by atoms with Crippen molar-refractivity contribution in [2.75, 3.05) is 11.9 Å². The molecule has 0 spiro atoms. The second-order valence-electron chi connectivity index (χ2n) is 7.61. The Morgan fingerprint density at radius 2 is 1.19 bits per heavy atom. The Labute approximate surface area is 161 Å². The lowest BCUT2D eigenvalue weighted by atomic mass is 10.0. The first kappa shape index (κ1) is 22.8. The first-order valence-electron chi connectivity index (χ1n) is 10.9. The van der Waals surface area contributed by atoms with E-state index in [0.717, 1.165) is 18.5 Å². The van der Waals surface area contributed by atoms with Crippen LogP contribution in [0.25, 0.3) is 0 Å². The lowest BCUT2D eigenvalue weighted by Crippen LogP contribution is -2.19. The van der Waals surface area contributed by atoms with Crippen molar-refractivity contribution < 1.29 is 10.2 Å². The standard InChI is InChI=1S/C23H41NO2/c1-2-3-4-5-6-7-8-9-10-11-12-13-14-15-23(26)20-24-21-16-18-22(25)19-17-21/h16-19,23-26H,2-15,20H2,1H3. The molecule has 0 saturated carbocycles. The number of aliphatic hydroxyl groups excluding tert-OH is 1. The summed E-state index contributed by atoms with van der Waals surface area (Å²) in [6.07, 6.45) is 18.2. The molecule has 0 fully saturated rings. The zero-order valence-electron chi connectivity index (χ0n) is 16.9. The van der Waals surface area contributed by atoms with E-state index < -0.39 is 0 Å². The third-order valence-electron chi connectivity index (χ3n) is 5.05. The Kier molecular flexibility index (Phi) is 14.0. The number of unbranched alkanes of at least 4 members (excludes halogenated alkanes) is 12. The van der Waals surface area contributed by atoms with Crippen molar-refractivity contribution in [1.29, 1.82) is 0 Å². The molecule has 3 N–H and O–H groups in total. The Bertz CT molecular complexity index is 419. The highest BCUT2D eigenvalue weighted by molar-refractivity contribution is 5.45. The van der Waals surface area contributed by atoms with Gasteiger partial charge in [-0.25, -0.2) is 0 Å². The van der Waals surface area contributed by atoms with Crippen LogP contribution in [0.2, 0.25) is 0 Å². The summed E-state index contributed by atoms with van der Waals surface area (Å²) in [7, 11) is 0. The van der Waals surface area contributed by atoms with Gasteiger partial charge < -0.3 is 15.5 Å². The molecule has 1 aromatic carbocycles. The molecule has 0 amide bonds. The van der Waals surface area contributed by atoms with E-state index in [1.165, 1.54) is 77.0 Å². The molecular formula is C23H41NO2. The van der Waals surface area contributed by atoms with E-state index in [9.17, 15) is 10.2 Å². The van der Waals surface area contributed by atoms with E-state index in [-0.39, 0.29) is 11.9 Å². The summed E-state index contributed by atoms with van der Waals surface area (Å²) in [5, 5.41) is 22.5. The second-order valence-corrected chi connectivity index (χ2v) is 7.61. The van der Waals surface area contributed by atoms with Crippen molar-refractivity contribution >= 4 is 5.69 Å². The van der Waals surface area contributed by atoms with Gasteiger partial charge in [0.15, 0.2) is 0 Å². The number of benzene rings is 1. The lowest BCUT2D eigenvalue weighted by molar-refractivity contribution is 0.173. The fourth-order valence-corrected chi connectivity index (χ4v) is 3.31. The Balaban J connectivity index is 1.83. The maximum Gasteiger partial charge on any atom is 0.115 e. The van der Waals surface area contributed by atoms with Crippen LogP contribution in [0.4, 0.5) is 5.69 Å². The number of rotatable bonds is 17. The van der Waals surface area contributed by atoms with E-state index in [1.807, 2.05) is 12.1 Å². The molecule has 0 aliphatic rings. The van der Waals surface area contributed by atoms with E-state index in [2.05, 4.69) is 12.2 Å². The average molecular weight is 364 g/mol. The predicted molar refractivity (Wildman–Crippen MR) is 113 cm³/mol. The molecule has 1 rings (SSSR count). The summed E-state index contributed by atoms with van der Waals surface area (Å²) in [6, 6.07) is 6.96. The third kappa shape index (κ3) is 13.0. The van der Waals surface area contributed by atoms with Gasteiger partial charge in [0.2, 0.25) is 0 Å².